The van der Waals surface area contributed by atoms with Crippen molar-refractivity contribution in [1.29, 1.82) is 0 Å². The first-order valence-corrected chi connectivity index (χ1v) is 10.5. The first kappa shape index (κ1) is 25.2. The minimum Gasteiger partial charge on any atom is -0.503 e. The van der Waals surface area contributed by atoms with Crippen molar-refractivity contribution in [3.05, 3.63) is 51.4 Å². The Morgan fingerprint density at radius 3 is 2.47 bits per heavy atom. The normalized spacial score (nSPS) is 15.1. The molecule has 34 heavy (non-hydrogen) atoms. The summed E-state index contributed by atoms with van der Waals surface area (Å²) in [6.07, 6.45) is -3.32. The smallest absolute Gasteiger partial charge is 0.416 e. The van der Waals surface area contributed by atoms with Crippen LogP contribution < -0.4 is 14.8 Å². The number of ether oxygens (including phenoxy) is 2. The first-order chi connectivity index (χ1) is 15.9. The van der Waals surface area contributed by atoms with Crippen LogP contribution in [-0.2, 0) is 15.8 Å². The quantitative estimate of drug-likeness (QED) is 0.533. The van der Waals surface area contributed by atoms with Gasteiger partial charge in [-0.25, -0.2) is 0 Å². The van der Waals surface area contributed by atoms with Crippen LogP contribution in [0.4, 0.5) is 23.7 Å². The Labute approximate surface area is 200 Å². The van der Waals surface area contributed by atoms with E-state index in [1.165, 1.54) is 32.4 Å². The number of hydrogen-bond acceptors (Lipinski definition) is 7. The zero-order valence-electron chi connectivity index (χ0n) is 17.5. The Balaban J connectivity index is 1.78. The lowest BCUT2D eigenvalue weighted by Crippen LogP contribution is -2.36. The fraction of sp³-hybridized carbons (Fsp3) is 0.190. The number of amides is 3. The highest BCUT2D eigenvalue weighted by atomic mass is 35.5. The molecule has 1 aliphatic rings. The summed E-state index contributed by atoms with van der Waals surface area (Å²) in [7, 11) is 2.52. The lowest BCUT2D eigenvalue weighted by atomic mass is 10.1. The summed E-state index contributed by atoms with van der Waals surface area (Å²) < 4.78 is 48.9. The molecule has 3 rings (SSSR count). The van der Waals surface area contributed by atoms with Crippen LogP contribution in [0.2, 0.25) is 5.02 Å². The number of phenols is 1. The highest BCUT2D eigenvalue weighted by Crippen LogP contribution is 2.38. The third-order valence-electron chi connectivity index (χ3n) is 4.54. The third kappa shape index (κ3) is 5.39. The maximum atomic E-state index is 13.0. The molecule has 0 bridgehead atoms. The number of anilines is 1. The van der Waals surface area contributed by atoms with Gasteiger partial charge in [0.05, 0.1) is 35.4 Å². The second-order valence-corrected chi connectivity index (χ2v) is 8.18. The van der Waals surface area contributed by atoms with Crippen LogP contribution in [0.3, 0.4) is 0 Å². The van der Waals surface area contributed by atoms with Crippen LogP contribution >= 0.6 is 23.4 Å². The van der Waals surface area contributed by atoms with Gasteiger partial charge in [-0.2, -0.15) is 13.2 Å². The fourth-order valence-corrected chi connectivity index (χ4v) is 3.99. The van der Waals surface area contributed by atoms with Crippen molar-refractivity contribution in [3.8, 4) is 17.2 Å². The number of rotatable bonds is 6. The molecule has 0 spiro atoms. The van der Waals surface area contributed by atoms with Crippen molar-refractivity contribution < 1.29 is 42.1 Å². The number of benzene rings is 2. The Morgan fingerprint density at radius 2 is 1.85 bits per heavy atom. The van der Waals surface area contributed by atoms with E-state index in [4.69, 9.17) is 21.1 Å². The predicted molar refractivity (Wildman–Crippen MR) is 119 cm³/mol. The minimum absolute atomic E-state index is 0.0294. The summed E-state index contributed by atoms with van der Waals surface area (Å²) in [4.78, 5) is 38.0. The number of phenolic OH excluding ortho intramolecular Hbond substituents is 1. The van der Waals surface area contributed by atoms with Gasteiger partial charge in [0.1, 0.15) is 12.3 Å². The molecule has 0 unspecified atom stereocenters. The standard InChI is InChI=1S/C21H16ClF3N2O6S/c1-32-14-4-3-11(21(23,24)25)8-13(14)26-17(28)9-27-19(30)16(34-20(27)31)7-10-5-12(22)18(29)15(6-10)33-2/h3-8,29H,9H2,1-2H3,(H,26,28)/b16-7-. The number of methoxy groups -OCH3 is 2. The van der Waals surface area contributed by atoms with Gasteiger partial charge in [0.2, 0.25) is 5.91 Å². The van der Waals surface area contributed by atoms with Crippen molar-refractivity contribution in [3.63, 3.8) is 0 Å². The van der Waals surface area contributed by atoms with Gasteiger partial charge in [-0.15, -0.1) is 0 Å². The molecule has 1 heterocycles. The van der Waals surface area contributed by atoms with E-state index in [0.29, 0.717) is 28.3 Å². The zero-order chi connectivity index (χ0) is 25.2. The predicted octanol–water partition coefficient (Wildman–Crippen LogP) is 4.76. The molecule has 0 aromatic heterocycles. The van der Waals surface area contributed by atoms with Crippen LogP contribution in [0.25, 0.3) is 6.08 Å². The second-order valence-electron chi connectivity index (χ2n) is 6.78. The van der Waals surface area contributed by atoms with Gasteiger partial charge < -0.3 is 19.9 Å². The van der Waals surface area contributed by atoms with E-state index in [1.54, 1.807) is 0 Å². The summed E-state index contributed by atoms with van der Waals surface area (Å²) in [5.74, 6) is -1.98. The summed E-state index contributed by atoms with van der Waals surface area (Å²) in [6.45, 7) is -0.735. The Hall–Kier alpha value is -3.38. The Kier molecular flexibility index (Phi) is 7.32. The number of alkyl halides is 3. The molecule has 0 aliphatic carbocycles. The van der Waals surface area contributed by atoms with Gasteiger partial charge in [-0.3, -0.25) is 19.3 Å². The highest BCUT2D eigenvalue weighted by molar-refractivity contribution is 8.18. The average molecular weight is 517 g/mol. The molecule has 3 amide bonds. The van der Waals surface area contributed by atoms with Crippen molar-refractivity contribution in [2.24, 2.45) is 0 Å². The minimum atomic E-state index is -4.65. The van der Waals surface area contributed by atoms with E-state index in [0.717, 1.165) is 12.1 Å². The van der Waals surface area contributed by atoms with E-state index in [-0.39, 0.29) is 32.9 Å². The van der Waals surface area contributed by atoms with Crippen LogP contribution in [0.1, 0.15) is 11.1 Å². The molecular weight excluding hydrogens is 501 g/mol. The summed E-state index contributed by atoms with van der Waals surface area (Å²) in [5.41, 5.74) is -0.931. The topological polar surface area (TPSA) is 105 Å². The van der Waals surface area contributed by atoms with Gasteiger partial charge in [0.15, 0.2) is 11.5 Å². The van der Waals surface area contributed by atoms with Crippen molar-refractivity contribution in [2.45, 2.75) is 6.18 Å². The third-order valence-corrected chi connectivity index (χ3v) is 5.74. The summed E-state index contributed by atoms with van der Waals surface area (Å²) in [6, 6.07) is 5.26. The van der Waals surface area contributed by atoms with Gasteiger partial charge >= 0.3 is 6.18 Å². The van der Waals surface area contributed by atoms with Crippen LogP contribution in [-0.4, -0.2) is 47.8 Å². The van der Waals surface area contributed by atoms with E-state index in [9.17, 15) is 32.7 Å². The molecular formula is C21H16ClF3N2O6S. The maximum absolute atomic E-state index is 13.0. The molecule has 2 N–H and O–H groups in total. The molecule has 180 valence electrons. The number of carbonyl (C=O) groups is 3. The highest BCUT2D eigenvalue weighted by Gasteiger charge is 2.37. The van der Waals surface area contributed by atoms with E-state index in [1.807, 2.05) is 0 Å². The number of aromatic hydroxyl groups is 1. The van der Waals surface area contributed by atoms with Gasteiger partial charge in [-0.1, -0.05) is 11.6 Å². The second kappa shape index (κ2) is 9.85. The molecule has 1 saturated heterocycles. The molecule has 2 aromatic rings. The number of thioether (sulfide) groups is 1. The molecule has 1 fully saturated rings. The van der Waals surface area contributed by atoms with Gasteiger partial charge in [0, 0.05) is 0 Å². The lowest BCUT2D eigenvalue weighted by Gasteiger charge is -2.16. The van der Waals surface area contributed by atoms with Crippen LogP contribution in [0, 0.1) is 0 Å². The summed E-state index contributed by atoms with van der Waals surface area (Å²) in [5, 5.41) is 11.3. The number of nitrogens with one attached hydrogen (secondary N) is 1. The molecule has 8 nitrogen and oxygen atoms in total. The van der Waals surface area contributed by atoms with Gasteiger partial charge in [-0.05, 0) is 53.7 Å². The first-order valence-electron chi connectivity index (χ1n) is 9.31. The lowest BCUT2D eigenvalue weighted by molar-refractivity contribution is -0.137. The fourth-order valence-electron chi connectivity index (χ4n) is 2.94. The average Bonchev–Trinajstić information content (AvgIpc) is 3.02. The largest absolute Gasteiger partial charge is 0.503 e. The van der Waals surface area contributed by atoms with Crippen LogP contribution in [0.5, 0.6) is 17.2 Å². The van der Waals surface area contributed by atoms with E-state index >= 15 is 0 Å². The van der Waals surface area contributed by atoms with Gasteiger partial charge in [0.25, 0.3) is 11.1 Å². The number of imide groups is 1. The molecule has 0 radical (unpaired) electrons. The van der Waals surface area contributed by atoms with Crippen LogP contribution in [0.15, 0.2) is 35.2 Å². The number of hydrogen-bond donors (Lipinski definition) is 2. The number of carbonyl (C=O) groups excluding carboxylic acids is 3. The molecule has 0 atom stereocenters. The Bertz CT molecular complexity index is 1200. The summed E-state index contributed by atoms with van der Waals surface area (Å²) >= 11 is 6.49. The van der Waals surface area contributed by atoms with Crippen molar-refractivity contribution in [2.75, 3.05) is 26.1 Å². The zero-order valence-corrected chi connectivity index (χ0v) is 19.1. The number of halogens is 4. The van der Waals surface area contributed by atoms with E-state index < -0.39 is 35.3 Å². The van der Waals surface area contributed by atoms with Crippen molar-refractivity contribution >= 4 is 52.2 Å². The molecule has 0 saturated carbocycles. The molecule has 13 heteroatoms. The maximum Gasteiger partial charge on any atom is 0.416 e. The molecule has 2 aromatic carbocycles. The monoisotopic (exact) mass is 516 g/mol. The Morgan fingerprint density at radius 1 is 1.18 bits per heavy atom. The number of nitrogens with zero attached hydrogens (tertiary/aromatic N) is 1. The SMILES string of the molecule is COc1ccc(C(F)(F)F)cc1NC(=O)CN1C(=O)S/C(=C\c2cc(Cl)c(O)c(OC)c2)C1=O. The van der Waals surface area contributed by atoms with Crippen molar-refractivity contribution in [1.82, 2.24) is 4.90 Å². The molecule has 1 aliphatic heterocycles. The van der Waals surface area contributed by atoms with E-state index in [2.05, 4.69) is 5.32 Å².